The van der Waals surface area contributed by atoms with Crippen LogP contribution < -0.4 is 11.1 Å². The van der Waals surface area contributed by atoms with E-state index in [1.807, 2.05) is 0 Å². The summed E-state index contributed by atoms with van der Waals surface area (Å²) in [7, 11) is 0. The number of nitrogen functional groups attached to an aromatic ring is 1. The average molecular weight is 402 g/mol. The Kier molecular flexibility index (Phi) is 4.77. The summed E-state index contributed by atoms with van der Waals surface area (Å²) in [6, 6.07) is 9.51. The van der Waals surface area contributed by atoms with Crippen LogP contribution >= 0.6 is 31.9 Å². The third kappa shape index (κ3) is 3.80. The third-order valence-electron chi connectivity index (χ3n) is 2.63. The first kappa shape index (κ1) is 15.0. The van der Waals surface area contributed by atoms with E-state index in [0.29, 0.717) is 16.8 Å². The number of hydrogen-bond donors (Lipinski definition) is 2. The zero-order chi connectivity index (χ0) is 14.7. The maximum Gasteiger partial charge on any atom is 0.251 e. The van der Waals surface area contributed by atoms with Gasteiger partial charge in [0.25, 0.3) is 5.91 Å². The molecule has 1 amide bonds. The maximum absolute atomic E-state index is 13.6. The predicted octanol–water partition coefficient (Wildman–Crippen LogP) is 3.86. The van der Waals surface area contributed by atoms with E-state index in [0.717, 1.165) is 8.95 Å². The van der Waals surface area contributed by atoms with E-state index in [4.69, 9.17) is 5.73 Å². The van der Waals surface area contributed by atoms with Gasteiger partial charge in [-0.2, -0.15) is 0 Å². The number of amides is 1. The van der Waals surface area contributed by atoms with Gasteiger partial charge in [-0.15, -0.1) is 0 Å². The standard InChI is InChI=1S/C14H11Br2FN2O/c15-10-1-2-13(17)9(4-10)7-19-14(20)8-3-11(16)6-12(18)5-8/h1-6H,7,18H2,(H,19,20). The molecule has 0 heterocycles. The molecule has 2 rings (SSSR count). The monoisotopic (exact) mass is 400 g/mol. The lowest BCUT2D eigenvalue weighted by molar-refractivity contribution is 0.0950. The zero-order valence-electron chi connectivity index (χ0n) is 10.3. The molecule has 2 aromatic rings. The molecule has 0 aliphatic rings. The van der Waals surface area contributed by atoms with Crippen LogP contribution in [0.4, 0.5) is 10.1 Å². The van der Waals surface area contributed by atoms with Gasteiger partial charge in [-0.3, -0.25) is 4.79 Å². The number of carbonyl (C=O) groups excluding carboxylic acids is 1. The quantitative estimate of drug-likeness (QED) is 0.767. The lowest BCUT2D eigenvalue weighted by Gasteiger charge is -2.08. The lowest BCUT2D eigenvalue weighted by atomic mass is 10.1. The minimum Gasteiger partial charge on any atom is -0.399 e. The van der Waals surface area contributed by atoms with E-state index in [1.54, 1.807) is 30.3 Å². The van der Waals surface area contributed by atoms with E-state index in [-0.39, 0.29) is 18.3 Å². The molecule has 0 saturated carbocycles. The van der Waals surface area contributed by atoms with Crippen molar-refractivity contribution >= 4 is 43.5 Å². The molecule has 0 unspecified atom stereocenters. The number of nitrogens with one attached hydrogen (secondary N) is 1. The summed E-state index contributed by atoms with van der Waals surface area (Å²) in [6.45, 7) is 0.108. The third-order valence-corrected chi connectivity index (χ3v) is 3.58. The van der Waals surface area contributed by atoms with E-state index < -0.39 is 0 Å². The Labute approximate surface area is 132 Å². The Morgan fingerprint density at radius 1 is 1.15 bits per heavy atom. The van der Waals surface area contributed by atoms with Crippen LogP contribution in [0.25, 0.3) is 0 Å². The van der Waals surface area contributed by atoms with Crippen molar-refractivity contribution in [1.29, 1.82) is 0 Å². The molecule has 0 aliphatic carbocycles. The van der Waals surface area contributed by atoms with Crippen LogP contribution in [0.5, 0.6) is 0 Å². The highest BCUT2D eigenvalue weighted by Crippen LogP contribution is 2.18. The second kappa shape index (κ2) is 6.37. The van der Waals surface area contributed by atoms with Crippen molar-refractivity contribution in [3.05, 3.63) is 62.3 Å². The number of nitrogens with two attached hydrogens (primary N) is 1. The zero-order valence-corrected chi connectivity index (χ0v) is 13.5. The number of anilines is 1. The van der Waals surface area contributed by atoms with Crippen LogP contribution in [0.1, 0.15) is 15.9 Å². The highest BCUT2D eigenvalue weighted by atomic mass is 79.9. The van der Waals surface area contributed by atoms with E-state index >= 15 is 0 Å². The van der Waals surface area contributed by atoms with Crippen LogP contribution in [-0.2, 0) is 6.54 Å². The van der Waals surface area contributed by atoms with Gasteiger partial charge in [0.05, 0.1) is 0 Å². The van der Waals surface area contributed by atoms with Crippen LogP contribution in [0.2, 0.25) is 0 Å². The number of hydrogen-bond acceptors (Lipinski definition) is 2. The smallest absolute Gasteiger partial charge is 0.251 e. The topological polar surface area (TPSA) is 55.1 Å². The second-order valence-electron chi connectivity index (χ2n) is 4.19. The molecule has 0 aliphatic heterocycles. The summed E-state index contributed by atoms with van der Waals surface area (Å²) in [5.74, 6) is -0.667. The molecule has 20 heavy (non-hydrogen) atoms. The Balaban J connectivity index is 2.10. The van der Waals surface area contributed by atoms with Crippen LogP contribution in [0.3, 0.4) is 0 Å². The summed E-state index contributed by atoms with van der Waals surface area (Å²) >= 11 is 6.54. The Hall–Kier alpha value is -1.40. The molecule has 0 saturated heterocycles. The van der Waals surface area contributed by atoms with Crippen molar-refractivity contribution < 1.29 is 9.18 Å². The second-order valence-corrected chi connectivity index (χ2v) is 6.02. The average Bonchev–Trinajstić information content (AvgIpc) is 2.38. The molecule has 104 valence electrons. The SMILES string of the molecule is Nc1cc(Br)cc(C(=O)NCc2cc(Br)ccc2F)c1. The molecule has 0 spiro atoms. The summed E-state index contributed by atoms with van der Waals surface area (Å²) in [4.78, 5) is 12.0. The summed E-state index contributed by atoms with van der Waals surface area (Å²) in [5.41, 5.74) is 6.99. The first-order valence-corrected chi connectivity index (χ1v) is 7.32. The van der Waals surface area contributed by atoms with Crippen LogP contribution in [0.15, 0.2) is 45.3 Å². The molecule has 0 aromatic heterocycles. The summed E-state index contributed by atoms with van der Waals surface area (Å²) in [5, 5.41) is 2.66. The van der Waals surface area contributed by atoms with Crippen LogP contribution in [-0.4, -0.2) is 5.91 Å². The number of carbonyl (C=O) groups is 1. The summed E-state index contributed by atoms with van der Waals surface area (Å²) < 4.78 is 15.0. The van der Waals surface area contributed by atoms with Gasteiger partial charge in [-0.05, 0) is 36.4 Å². The van der Waals surface area contributed by atoms with Gasteiger partial charge >= 0.3 is 0 Å². The van der Waals surface area contributed by atoms with Crippen molar-refractivity contribution in [2.24, 2.45) is 0 Å². The van der Waals surface area contributed by atoms with Crippen molar-refractivity contribution in [1.82, 2.24) is 5.32 Å². The van der Waals surface area contributed by atoms with Gasteiger partial charge in [0.15, 0.2) is 0 Å². The van der Waals surface area contributed by atoms with E-state index in [1.165, 1.54) is 6.07 Å². The summed E-state index contributed by atoms with van der Waals surface area (Å²) in [6.07, 6.45) is 0. The number of halogens is 3. The molecule has 0 bridgehead atoms. The Morgan fingerprint density at radius 3 is 2.60 bits per heavy atom. The molecule has 0 radical (unpaired) electrons. The van der Waals surface area contributed by atoms with Crippen molar-refractivity contribution in [2.45, 2.75) is 6.54 Å². The fourth-order valence-corrected chi connectivity index (χ4v) is 2.62. The van der Waals surface area contributed by atoms with Gasteiger partial charge < -0.3 is 11.1 Å². The Bertz CT molecular complexity index is 641. The molecular formula is C14H11Br2FN2O. The minimum atomic E-state index is -0.359. The van der Waals surface area contributed by atoms with Gasteiger partial charge in [0.2, 0.25) is 0 Å². The number of benzene rings is 2. The first-order chi connectivity index (χ1) is 9.45. The van der Waals surface area contributed by atoms with E-state index in [2.05, 4.69) is 37.2 Å². The molecule has 2 aromatic carbocycles. The van der Waals surface area contributed by atoms with Crippen molar-refractivity contribution in [3.8, 4) is 0 Å². The molecule has 3 N–H and O–H groups in total. The predicted molar refractivity (Wildman–Crippen MR) is 83.8 cm³/mol. The molecule has 0 atom stereocenters. The molecule has 3 nitrogen and oxygen atoms in total. The lowest BCUT2D eigenvalue weighted by Crippen LogP contribution is -2.23. The van der Waals surface area contributed by atoms with Crippen LogP contribution in [0, 0.1) is 5.82 Å². The molecule has 0 fully saturated rings. The van der Waals surface area contributed by atoms with Crippen molar-refractivity contribution in [3.63, 3.8) is 0 Å². The van der Waals surface area contributed by atoms with Gasteiger partial charge in [0, 0.05) is 32.3 Å². The van der Waals surface area contributed by atoms with Crippen molar-refractivity contribution in [2.75, 3.05) is 5.73 Å². The van der Waals surface area contributed by atoms with E-state index in [9.17, 15) is 9.18 Å². The maximum atomic E-state index is 13.6. The normalized spacial score (nSPS) is 10.3. The largest absolute Gasteiger partial charge is 0.399 e. The molecular weight excluding hydrogens is 391 g/mol. The van der Waals surface area contributed by atoms with Gasteiger partial charge in [-0.1, -0.05) is 31.9 Å². The Morgan fingerprint density at radius 2 is 1.90 bits per heavy atom. The van der Waals surface area contributed by atoms with Gasteiger partial charge in [-0.25, -0.2) is 4.39 Å². The number of rotatable bonds is 3. The highest BCUT2D eigenvalue weighted by molar-refractivity contribution is 9.10. The fourth-order valence-electron chi connectivity index (χ4n) is 1.70. The van der Waals surface area contributed by atoms with Gasteiger partial charge in [0.1, 0.15) is 5.82 Å². The fraction of sp³-hybridized carbons (Fsp3) is 0.0714. The first-order valence-electron chi connectivity index (χ1n) is 5.74. The molecule has 6 heteroatoms. The highest BCUT2D eigenvalue weighted by Gasteiger charge is 2.09. The minimum absolute atomic E-state index is 0.108.